The zero-order valence-electron chi connectivity index (χ0n) is 14.4. The third kappa shape index (κ3) is 16.9. The van der Waals surface area contributed by atoms with Gasteiger partial charge < -0.3 is 9.47 Å². The van der Waals surface area contributed by atoms with Gasteiger partial charge in [-0.15, -0.1) is 12.3 Å². The van der Waals surface area contributed by atoms with Gasteiger partial charge in [0.1, 0.15) is 6.61 Å². The second-order valence-electron chi connectivity index (χ2n) is 5.79. The number of terminal acetylenes is 1. The fourth-order valence-corrected chi connectivity index (χ4v) is 2.33. The Labute approximate surface area is 137 Å². The highest BCUT2D eigenvalue weighted by Crippen LogP contribution is 2.11. The third-order valence-corrected chi connectivity index (χ3v) is 3.68. The van der Waals surface area contributed by atoms with Gasteiger partial charge >= 0.3 is 6.16 Å². The van der Waals surface area contributed by atoms with Crippen LogP contribution in [0, 0.1) is 12.3 Å². The van der Waals surface area contributed by atoms with Gasteiger partial charge in [-0.1, -0.05) is 77.6 Å². The smallest absolute Gasteiger partial charge is 0.434 e. The summed E-state index contributed by atoms with van der Waals surface area (Å²) in [5.74, 6) is 2.41. The molecule has 0 aromatic rings. The van der Waals surface area contributed by atoms with E-state index in [0.717, 1.165) is 12.8 Å². The molecule has 3 nitrogen and oxygen atoms in total. The van der Waals surface area contributed by atoms with E-state index in [2.05, 4.69) is 12.8 Å². The minimum atomic E-state index is -0.599. The first-order valence-corrected chi connectivity index (χ1v) is 9.04. The molecule has 0 rings (SSSR count). The summed E-state index contributed by atoms with van der Waals surface area (Å²) in [6.45, 7) is 2.95. The molecular formula is C19H34O3. The van der Waals surface area contributed by atoms with Crippen molar-refractivity contribution >= 4 is 6.16 Å². The number of carbonyl (C=O) groups is 1. The molecule has 0 aromatic carbocycles. The van der Waals surface area contributed by atoms with Crippen LogP contribution in [0.3, 0.4) is 0 Å². The summed E-state index contributed by atoms with van der Waals surface area (Å²) < 4.78 is 9.74. The van der Waals surface area contributed by atoms with E-state index in [0.29, 0.717) is 13.0 Å². The quantitative estimate of drug-likeness (QED) is 0.216. The average molecular weight is 310 g/mol. The largest absolute Gasteiger partial charge is 0.508 e. The molecule has 0 heterocycles. The van der Waals surface area contributed by atoms with Crippen molar-refractivity contribution in [2.45, 2.75) is 90.4 Å². The van der Waals surface area contributed by atoms with E-state index in [9.17, 15) is 4.79 Å². The molecule has 0 fully saturated rings. The van der Waals surface area contributed by atoms with Crippen LogP contribution < -0.4 is 0 Å². The fourth-order valence-electron chi connectivity index (χ4n) is 2.33. The lowest BCUT2D eigenvalue weighted by atomic mass is 10.1. The molecule has 0 saturated carbocycles. The molecule has 0 radical (unpaired) electrons. The van der Waals surface area contributed by atoms with Crippen LogP contribution in [0.4, 0.5) is 4.79 Å². The number of hydrogen-bond acceptors (Lipinski definition) is 3. The van der Waals surface area contributed by atoms with Crippen molar-refractivity contribution in [3.8, 4) is 12.3 Å². The number of ether oxygens (including phenoxy) is 2. The van der Waals surface area contributed by atoms with Crippen LogP contribution in [-0.2, 0) is 9.47 Å². The Balaban J connectivity index is 3.08. The zero-order valence-corrected chi connectivity index (χ0v) is 14.4. The molecule has 0 aliphatic heterocycles. The maximum Gasteiger partial charge on any atom is 0.508 e. The molecule has 0 amide bonds. The van der Waals surface area contributed by atoms with Gasteiger partial charge in [-0.05, 0) is 6.42 Å². The molecule has 3 heteroatoms. The molecule has 0 atom stereocenters. The van der Waals surface area contributed by atoms with Crippen molar-refractivity contribution in [2.75, 3.05) is 13.2 Å². The average Bonchev–Trinajstić information content (AvgIpc) is 2.52. The first-order chi connectivity index (χ1) is 10.8. The summed E-state index contributed by atoms with van der Waals surface area (Å²) in [5.41, 5.74) is 0. The van der Waals surface area contributed by atoms with Gasteiger partial charge in [-0.2, -0.15) is 0 Å². The van der Waals surface area contributed by atoms with E-state index in [1.807, 2.05) is 0 Å². The van der Waals surface area contributed by atoms with Crippen LogP contribution >= 0.6 is 0 Å². The fraction of sp³-hybridized carbons (Fsp3) is 0.842. The van der Waals surface area contributed by atoms with Gasteiger partial charge in [0, 0.05) is 6.42 Å². The maximum atomic E-state index is 11.1. The van der Waals surface area contributed by atoms with Crippen molar-refractivity contribution in [1.82, 2.24) is 0 Å². The van der Waals surface area contributed by atoms with E-state index >= 15 is 0 Å². The molecule has 0 saturated heterocycles. The Morgan fingerprint density at radius 3 is 1.73 bits per heavy atom. The minimum Gasteiger partial charge on any atom is -0.434 e. The Bertz CT molecular complexity index is 281. The van der Waals surface area contributed by atoms with E-state index < -0.39 is 6.16 Å². The number of carbonyl (C=O) groups excluding carboxylic acids is 1. The first-order valence-electron chi connectivity index (χ1n) is 9.04. The zero-order chi connectivity index (χ0) is 16.3. The first kappa shape index (κ1) is 20.8. The lowest BCUT2D eigenvalue weighted by Gasteiger charge is -2.05. The van der Waals surface area contributed by atoms with E-state index in [1.54, 1.807) is 0 Å². The highest BCUT2D eigenvalue weighted by atomic mass is 16.7. The van der Waals surface area contributed by atoms with Crippen LogP contribution in [0.1, 0.15) is 90.4 Å². The molecule has 0 bridgehead atoms. The van der Waals surface area contributed by atoms with Crippen LogP contribution in [-0.4, -0.2) is 19.4 Å². The number of unbranched alkanes of at least 4 members (excludes halogenated alkanes) is 11. The second kappa shape index (κ2) is 17.9. The summed E-state index contributed by atoms with van der Waals surface area (Å²) >= 11 is 0. The standard InChI is InChI=1S/C19H34O3/c1-3-5-7-8-9-10-11-12-13-14-15-16-18-22-19(20)21-17-6-4-2/h2H,3,5-18H2,1H3. The van der Waals surface area contributed by atoms with Crippen molar-refractivity contribution in [2.24, 2.45) is 0 Å². The van der Waals surface area contributed by atoms with Crippen LogP contribution in [0.2, 0.25) is 0 Å². The Morgan fingerprint density at radius 2 is 1.23 bits per heavy atom. The van der Waals surface area contributed by atoms with Gasteiger partial charge in [0.25, 0.3) is 0 Å². The van der Waals surface area contributed by atoms with Crippen LogP contribution in [0.15, 0.2) is 0 Å². The summed E-state index contributed by atoms with van der Waals surface area (Å²) in [4.78, 5) is 11.1. The Morgan fingerprint density at radius 1 is 0.773 bits per heavy atom. The molecule has 22 heavy (non-hydrogen) atoms. The van der Waals surface area contributed by atoms with E-state index in [1.165, 1.54) is 64.2 Å². The van der Waals surface area contributed by atoms with Gasteiger partial charge in [-0.25, -0.2) is 4.79 Å². The Hall–Kier alpha value is -1.17. The summed E-state index contributed by atoms with van der Waals surface area (Å²) in [6.07, 6.45) is 20.5. The van der Waals surface area contributed by atoms with Crippen molar-refractivity contribution < 1.29 is 14.3 Å². The lowest BCUT2D eigenvalue weighted by Crippen LogP contribution is -2.09. The minimum absolute atomic E-state index is 0.244. The van der Waals surface area contributed by atoms with Gasteiger partial charge in [0.15, 0.2) is 0 Å². The summed E-state index contributed by atoms with van der Waals surface area (Å²) in [6, 6.07) is 0. The number of rotatable bonds is 15. The molecular weight excluding hydrogens is 276 g/mol. The third-order valence-electron chi connectivity index (χ3n) is 3.68. The monoisotopic (exact) mass is 310 g/mol. The molecule has 128 valence electrons. The second-order valence-corrected chi connectivity index (χ2v) is 5.79. The van der Waals surface area contributed by atoms with Crippen molar-refractivity contribution in [3.63, 3.8) is 0 Å². The molecule has 0 aliphatic carbocycles. The van der Waals surface area contributed by atoms with E-state index in [4.69, 9.17) is 15.9 Å². The lowest BCUT2D eigenvalue weighted by molar-refractivity contribution is 0.0556. The van der Waals surface area contributed by atoms with Crippen LogP contribution in [0.5, 0.6) is 0 Å². The normalized spacial score (nSPS) is 10.2. The van der Waals surface area contributed by atoms with Crippen molar-refractivity contribution in [3.05, 3.63) is 0 Å². The molecule has 0 N–H and O–H groups in total. The number of hydrogen-bond donors (Lipinski definition) is 0. The summed E-state index contributed by atoms with van der Waals surface area (Å²) in [7, 11) is 0. The highest BCUT2D eigenvalue weighted by Gasteiger charge is 2.02. The predicted molar refractivity (Wildman–Crippen MR) is 91.8 cm³/mol. The van der Waals surface area contributed by atoms with Gasteiger partial charge in [0.05, 0.1) is 6.61 Å². The van der Waals surface area contributed by atoms with Crippen LogP contribution in [0.25, 0.3) is 0 Å². The predicted octanol–water partition coefficient (Wildman–Crippen LogP) is 5.86. The molecule has 0 unspecified atom stereocenters. The van der Waals surface area contributed by atoms with E-state index in [-0.39, 0.29) is 6.61 Å². The molecule has 0 aliphatic rings. The topological polar surface area (TPSA) is 35.5 Å². The van der Waals surface area contributed by atoms with Gasteiger partial charge in [-0.3, -0.25) is 0 Å². The summed E-state index contributed by atoms with van der Waals surface area (Å²) in [5, 5.41) is 0. The Kier molecular flexibility index (Phi) is 16.9. The van der Waals surface area contributed by atoms with Gasteiger partial charge in [0.2, 0.25) is 0 Å². The molecule has 0 aromatic heterocycles. The SMILES string of the molecule is C#CCCOC(=O)OCCCCCCCCCCCCCC. The highest BCUT2D eigenvalue weighted by molar-refractivity contribution is 5.59. The van der Waals surface area contributed by atoms with Crippen molar-refractivity contribution in [1.29, 1.82) is 0 Å². The maximum absolute atomic E-state index is 11.1. The molecule has 0 spiro atoms.